The van der Waals surface area contributed by atoms with Gasteiger partial charge in [0, 0.05) is 12.4 Å². The van der Waals surface area contributed by atoms with E-state index >= 15 is 0 Å². The number of hydrogen-bond donors (Lipinski definition) is 1. The lowest BCUT2D eigenvalue weighted by Gasteiger charge is -2.19. The average Bonchev–Trinajstić information content (AvgIpc) is 2.46. The van der Waals surface area contributed by atoms with Gasteiger partial charge in [0.2, 0.25) is 5.95 Å². The van der Waals surface area contributed by atoms with Crippen LogP contribution < -0.4 is 10.1 Å². The molecule has 1 N–H and O–H groups in total. The SMILES string of the molecule is CCC(CNc1ncccn1)Oc1ccccc1C. The zero-order valence-corrected chi connectivity index (χ0v) is 11.3. The minimum absolute atomic E-state index is 0.102. The molecule has 2 aromatic rings. The van der Waals surface area contributed by atoms with Crippen molar-refractivity contribution in [2.45, 2.75) is 26.4 Å². The van der Waals surface area contributed by atoms with Gasteiger partial charge in [0.15, 0.2) is 0 Å². The fourth-order valence-electron chi connectivity index (χ4n) is 1.73. The van der Waals surface area contributed by atoms with Gasteiger partial charge in [0.1, 0.15) is 11.9 Å². The molecule has 0 aliphatic carbocycles. The topological polar surface area (TPSA) is 47.0 Å². The van der Waals surface area contributed by atoms with Crippen LogP contribution in [0.25, 0.3) is 0 Å². The third-order valence-electron chi connectivity index (χ3n) is 2.90. The highest BCUT2D eigenvalue weighted by Gasteiger charge is 2.09. The lowest BCUT2D eigenvalue weighted by molar-refractivity contribution is 0.208. The van der Waals surface area contributed by atoms with Gasteiger partial charge < -0.3 is 10.1 Å². The maximum atomic E-state index is 6.00. The largest absolute Gasteiger partial charge is 0.488 e. The van der Waals surface area contributed by atoms with Crippen LogP contribution in [0.3, 0.4) is 0 Å². The number of nitrogens with zero attached hydrogens (tertiary/aromatic N) is 2. The molecule has 19 heavy (non-hydrogen) atoms. The number of aromatic nitrogens is 2. The summed E-state index contributed by atoms with van der Waals surface area (Å²) >= 11 is 0. The molecule has 2 rings (SSSR count). The molecule has 4 nitrogen and oxygen atoms in total. The number of hydrogen-bond acceptors (Lipinski definition) is 4. The predicted molar refractivity (Wildman–Crippen MR) is 76.4 cm³/mol. The molecule has 0 aliphatic heterocycles. The molecule has 1 atom stereocenters. The van der Waals surface area contributed by atoms with E-state index < -0.39 is 0 Å². The zero-order valence-electron chi connectivity index (χ0n) is 11.3. The van der Waals surface area contributed by atoms with Crippen LogP contribution in [-0.2, 0) is 0 Å². The molecule has 0 saturated heterocycles. The van der Waals surface area contributed by atoms with Crippen LogP contribution in [0, 0.1) is 6.92 Å². The minimum Gasteiger partial charge on any atom is -0.488 e. The van der Waals surface area contributed by atoms with Gasteiger partial charge in [-0.15, -0.1) is 0 Å². The Balaban J connectivity index is 1.92. The molecule has 1 heterocycles. The quantitative estimate of drug-likeness (QED) is 0.864. The first-order chi connectivity index (χ1) is 9.29. The highest BCUT2D eigenvalue weighted by atomic mass is 16.5. The molecule has 1 aromatic carbocycles. The van der Waals surface area contributed by atoms with Crippen molar-refractivity contribution in [1.29, 1.82) is 0 Å². The Morgan fingerprint density at radius 3 is 2.58 bits per heavy atom. The van der Waals surface area contributed by atoms with Crippen molar-refractivity contribution in [3.8, 4) is 5.75 Å². The van der Waals surface area contributed by atoms with Gasteiger partial charge in [-0.3, -0.25) is 0 Å². The summed E-state index contributed by atoms with van der Waals surface area (Å²) < 4.78 is 6.00. The first-order valence-electron chi connectivity index (χ1n) is 6.52. The third-order valence-corrected chi connectivity index (χ3v) is 2.90. The molecule has 1 aromatic heterocycles. The number of benzene rings is 1. The summed E-state index contributed by atoms with van der Waals surface area (Å²) in [6.45, 7) is 4.85. The van der Waals surface area contributed by atoms with Crippen molar-refractivity contribution in [2.75, 3.05) is 11.9 Å². The zero-order chi connectivity index (χ0) is 13.5. The Morgan fingerprint density at radius 1 is 1.16 bits per heavy atom. The molecular formula is C15H19N3O. The summed E-state index contributed by atoms with van der Waals surface area (Å²) in [5, 5.41) is 3.19. The van der Waals surface area contributed by atoms with Crippen LogP contribution in [-0.4, -0.2) is 22.6 Å². The van der Waals surface area contributed by atoms with Crippen LogP contribution in [0.5, 0.6) is 5.75 Å². The van der Waals surface area contributed by atoms with Gasteiger partial charge in [-0.05, 0) is 31.0 Å². The molecule has 0 bridgehead atoms. The first kappa shape index (κ1) is 13.3. The lowest BCUT2D eigenvalue weighted by Crippen LogP contribution is -2.26. The predicted octanol–water partition coefficient (Wildman–Crippen LogP) is 3.05. The molecular weight excluding hydrogens is 238 g/mol. The van der Waals surface area contributed by atoms with E-state index in [-0.39, 0.29) is 6.10 Å². The fourth-order valence-corrected chi connectivity index (χ4v) is 1.73. The second kappa shape index (κ2) is 6.73. The van der Waals surface area contributed by atoms with Crippen molar-refractivity contribution >= 4 is 5.95 Å². The molecule has 0 saturated carbocycles. The van der Waals surface area contributed by atoms with Gasteiger partial charge in [0.25, 0.3) is 0 Å². The highest BCUT2D eigenvalue weighted by molar-refractivity contribution is 5.32. The van der Waals surface area contributed by atoms with Crippen LogP contribution >= 0.6 is 0 Å². The van der Waals surface area contributed by atoms with E-state index in [4.69, 9.17) is 4.74 Å². The maximum Gasteiger partial charge on any atom is 0.222 e. The maximum absolute atomic E-state index is 6.00. The smallest absolute Gasteiger partial charge is 0.222 e. The van der Waals surface area contributed by atoms with Gasteiger partial charge in [-0.2, -0.15) is 0 Å². The number of rotatable bonds is 6. The Labute approximate surface area is 113 Å². The monoisotopic (exact) mass is 257 g/mol. The van der Waals surface area contributed by atoms with Gasteiger partial charge >= 0.3 is 0 Å². The molecule has 0 amide bonds. The van der Waals surface area contributed by atoms with Crippen LogP contribution in [0.4, 0.5) is 5.95 Å². The number of nitrogens with one attached hydrogen (secondary N) is 1. The van der Waals surface area contributed by atoms with Gasteiger partial charge in [0.05, 0.1) is 6.54 Å². The van der Waals surface area contributed by atoms with E-state index in [0.717, 1.165) is 17.7 Å². The first-order valence-corrected chi connectivity index (χ1v) is 6.52. The summed E-state index contributed by atoms with van der Waals surface area (Å²) in [7, 11) is 0. The number of para-hydroxylation sites is 1. The standard InChI is InChI=1S/C15H19N3O/c1-3-13(11-18-15-16-9-6-10-17-15)19-14-8-5-4-7-12(14)2/h4-10,13H,3,11H2,1-2H3,(H,16,17,18). The van der Waals surface area contributed by atoms with Crippen LogP contribution in [0.15, 0.2) is 42.7 Å². The van der Waals surface area contributed by atoms with Crippen molar-refractivity contribution in [2.24, 2.45) is 0 Å². The second-order valence-electron chi connectivity index (χ2n) is 4.37. The summed E-state index contributed by atoms with van der Waals surface area (Å²) in [5.74, 6) is 1.57. The van der Waals surface area contributed by atoms with E-state index in [1.54, 1.807) is 18.5 Å². The summed E-state index contributed by atoms with van der Waals surface area (Å²) in [6.07, 6.45) is 4.47. The Kier molecular flexibility index (Phi) is 4.72. The average molecular weight is 257 g/mol. The van der Waals surface area contributed by atoms with Crippen molar-refractivity contribution in [1.82, 2.24) is 9.97 Å². The fraction of sp³-hybridized carbons (Fsp3) is 0.333. The number of aryl methyl sites for hydroxylation is 1. The van der Waals surface area contributed by atoms with E-state index in [2.05, 4.69) is 35.2 Å². The molecule has 0 spiro atoms. The molecule has 0 radical (unpaired) electrons. The Morgan fingerprint density at radius 2 is 1.89 bits per heavy atom. The third kappa shape index (κ3) is 3.95. The summed E-state index contributed by atoms with van der Waals surface area (Å²) in [4.78, 5) is 8.26. The second-order valence-corrected chi connectivity index (χ2v) is 4.37. The highest BCUT2D eigenvalue weighted by Crippen LogP contribution is 2.18. The Bertz CT molecular complexity index is 502. The van der Waals surface area contributed by atoms with Crippen molar-refractivity contribution < 1.29 is 4.74 Å². The van der Waals surface area contributed by atoms with Crippen LogP contribution in [0.2, 0.25) is 0 Å². The summed E-state index contributed by atoms with van der Waals surface area (Å²) in [5.41, 5.74) is 1.15. The number of anilines is 1. The van der Waals surface area contributed by atoms with Crippen molar-refractivity contribution in [3.63, 3.8) is 0 Å². The lowest BCUT2D eigenvalue weighted by atomic mass is 10.2. The molecule has 4 heteroatoms. The summed E-state index contributed by atoms with van der Waals surface area (Å²) in [6, 6.07) is 9.85. The van der Waals surface area contributed by atoms with Gasteiger partial charge in [-0.25, -0.2) is 9.97 Å². The van der Waals surface area contributed by atoms with E-state index in [9.17, 15) is 0 Å². The normalized spacial score (nSPS) is 11.9. The molecule has 100 valence electrons. The molecule has 0 aliphatic rings. The molecule has 1 unspecified atom stereocenters. The Hall–Kier alpha value is -2.10. The van der Waals surface area contributed by atoms with E-state index in [1.165, 1.54) is 0 Å². The van der Waals surface area contributed by atoms with Gasteiger partial charge in [-0.1, -0.05) is 25.1 Å². The van der Waals surface area contributed by atoms with Crippen molar-refractivity contribution in [3.05, 3.63) is 48.3 Å². The minimum atomic E-state index is 0.102. The van der Waals surface area contributed by atoms with E-state index in [1.807, 2.05) is 18.2 Å². The van der Waals surface area contributed by atoms with E-state index in [0.29, 0.717) is 12.5 Å². The number of ether oxygens (including phenoxy) is 1. The van der Waals surface area contributed by atoms with Crippen LogP contribution in [0.1, 0.15) is 18.9 Å². The molecule has 0 fully saturated rings.